The van der Waals surface area contributed by atoms with Crippen molar-refractivity contribution in [2.24, 2.45) is 0 Å². The van der Waals surface area contributed by atoms with Gasteiger partial charge in [-0.15, -0.1) is 0 Å². The first-order chi connectivity index (χ1) is 11.9. The molecule has 1 heteroatoms. The molecule has 0 heterocycles. The quantitative estimate of drug-likeness (QED) is 0.375. The molecule has 4 aromatic carbocycles. The van der Waals surface area contributed by atoms with E-state index in [1.54, 1.807) is 0 Å². The van der Waals surface area contributed by atoms with Crippen molar-refractivity contribution in [1.82, 2.24) is 0 Å². The molecule has 0 N–H and O–H groups in total. The van der Waals surface area contributed by atoms with Crippen LogP contribution in [0, 0.1) is 0 Å². The zero-order valence-corrected chi connectivity index (χ0v) is 15.0. The Morgan fingerprint density at radius 3 is 0.560 bits per heavy atom. The maximum atomic E-state index is 2.12. The fourth-order valence-corrected chi connectivity index (χ4v) is 2.52. The number of benzene rings is 4. The van der Waals surface area contributed by atoms with Crippen LogP contribution in [0.3, 0.4) is 0 Å². The zero-order chi connectivity index (χ0) is 16.5. The summed E-state index contributed by atoms with van der Waals surface area (Å²) in [6.07, 6.45) is 0. The molecule has 124 valence electrons. The van der Waals surface area contributed by atoms with Gasteiger partial charge in [-0.05, 0) is 22.3 Å². The first-order valence-electron chi connectivity index (χ1n) is 8.14. The number of rotatable bonds is 2. The zero-order valence-electron chi connectivity index (χ0n) is 14.0. The third kappa shape index (κ3) is 5.66. The van der Waals surface area contributed by atoms with Gasteiger partial charge in [-0.3, -0.25) is 0 Å². The SMILES string of the molecule is S.c1ccc(-c2ccccc2)cc1.c1ccc(-c2ccccc2)cc1. The van der Waals surface area contributed by atoms with Gasteiger partial charge in [0.05, 0.1) is 0 Å². The molecule has 25 heavy (non-hydrogen) atoms. The van der Waals surface area contributed by atoms with Gasteiger partial charge < -0.3 is 0 Å². The van der Waals surface area contributed by atoms with Crippen LogP contribution in [-0.2, 0) is 0 Å². The minimum Gasteiger partial charge on any atom is -0.197 e. The summed E-state index contributed by atoms with van der Waals surface area (Å²) in [4.78, 5) is 0. The highest BCUT2D eigenvalue weighted by molar-refractivity contribution is 7.59. The highest BCUT2D eigenvalue weighted by Gasteiger charge is 1.92. The normalized spacial score (nSPS) is 9.28. The smallest absolute Gasteiger partial charge is 0.0184 e. The van der Waals surface area contributed by atoms with Crippen LogP contribution >= 0.6 is 13.5 Å². The minimum absolute atomic E-state index is 0. The molecule has 4 rings (SSSR count). The van der Waals surface area contributed by atoms with Gasteiger partial charge >= 0.3 is 0 Å². The van der Waals surface area contributed by atoms with Gasteiger partial charge in [0.2, 0.25) is 0 Å². The highest BCUT2D eigenvalue weighted by atomic mass is 32.1. The van der Waals surface area contributed by atoms with Crippen molar-refractivity contribution in [3.05, 3.63) is 121 Å². The Bertz CT molecular complexity index is 676. The van der Waals surface area contributed by atoms with Gasteiger partial charge in [0.1, 0.15) is 0 Å². The largest absolute Gasteiger partial charge is 0.197 e. The monoisotopic (exact) mass is 342 g/mol. The Morgan fingerprint density at radius 1 is 0.240 bits per heavy atom. The summed E-state index contributed by atoms with van der Waals surface area (Å²) in [5.74, 6) is 0. The Hall–Kier alpha value is -2.77. The van der Waals surface area contributed by atoms with Gasteiger partial charge in [0.15, 0.2) is 0 Å². The molecule has 0 atom stereocenters. The van der Waals surface area contributed by atoms with E-state index in [2.05, 4.69) is 97.1 Å². The van der Waals surface area contributed by atoms with Crippen molar-refractivity contribution in [3.8, 4) is 22.3 Å². The average molecular weight is 343 g/mol. The molecule has 0 saturated carbocycles. The lowest BCUT2D eigenvalue weighted by atomic mass is 10.1. The first-order valence-corrected chi connectivity index (χ1v) is 8.14. The topological polar surface area (TPSA) is 0 Å². The second-order valence-corrected chi connectivity index (χ2v) is 5.46. The molecule has 0 saturated heterocycles. The van der Waals surface area contributed by atoms with E-state index >= 15 is 0 Å². The predicted molar refractivity (Wildman–Crippen MR) is 114 cm³/mol. The van der Waals surface area contributed by atoms with Crippen molar-refractivity contribution in [2.45, 2.75) is 0 Å². The van der Waals surface area contributed by atoms with Crippen LogP contribution in [-0.4, -0.2) is 0 Å². The van der Waals surface area contributed by atoms with E-state index in [9.17, 15) is 0 Å². The standard InChI is InChI=1S/2C12H10.H2S/c2*1-3-7-11(8-4-1)12-9-5-2-6-10-12;/h2*1-10H;1H2. The van der Waals surface area contributed by atoms with Crippen LogP contribution < -0.4 is 0 Å². The van der Waals surface area contributed by atoms with E-state index < -0.39 is 0 Å². The van der Waals surface area contributed by atoms with Crippen LogP contribution in [0.4, 0.5) is 0 Å². The summed E-state index contributed by atoms with van der Waals surface area (Å²) < 4.78 is 0. The van der Waals surface area contributed by atoms with Crippen molar-refractivity contribution in [2.75, 3.05) is 0 Å². The maximum absolute atomic E-state index is 2.12. The second-order valence-electron chi connectivity index (χ2n) is 5.46. The Kier molecular flexibility index (Phi) is 7.55. The first kappa shape index (κ1) is 18.6. The molecule has 0 aliphatic rings. The summed E-state index contributed by atoms with van der Waals surface area (Å²) in [5, 5.41) is 0. The predicted octanol–water partition coefficient (Wildman–Crippen LogP) is 6.82. The third-order valence-corrected chi connectivity index (χ3v) is 3.76. The fraction of sp³-hybridized carbons (Fsp3) is 0. The number of hydrogen-bond donors (Lipinski definition) is 0. The molecule has 0 spiro atoms. The molecule has 0 fully saturated rings. The van der Waals surface area contributed by atoms with Crippen LogP contribution in [0.2, 0.25) is 0 Å². The van der Waals surface area contributed by atoms with E-state index in [-0.39, 0.29) is 13.5 Å². The van der Waals surface area contributed by atoms with Gasteiger partial charge in [-0.1, -0.05) is 121 Å². The maximum Gasteiger partial charge on any atom is -0.0184 e. The summed E-state index contributed by atoms with van der Waals surface area (Å²) >= 11 is 0. The Morgan fingerprint density at radius 2 is 0.400 bits per heavy atom. The molecule has 4 aromatic rings. The molecule has 0 unspecified atom stereocenters. The van der Waals surface area contributed by atoms with Crippen LogP contribution in [0.15, 0.2) is 121 Å². The van der Waals surface area contributed by atoms with Crippen molar-refractivity contribution in [1.29, 1.82) is 0 Å². The molecule has 0 amide bonds. The van der Waals surface area contributed by atoms with Crippen LogP contribution in [0.5, 0.6) is 0 Å². The van der Waals surface area contributed by atoms with Crippen LogP contribution in [0.1, 0.15) is 0 Å². The second kappa shape index (κ2) is 10.2. The molecular formula is C24H22S. The van der Waals surface area contributed by atoms with Crippen molar-refractivity contribution < 1.29 is 0 Å². The van der Waals surface area contributed by atoms with E-state index in [0.717, 1.165) is 0 Å². The van der Waals surface area contributed by atoms with Crippen LogP contribution in [0.25, 0.3) is 22.3 Å². The lowest BCUT2D eigenvalue weighted by molar-refractivity contribution is 1.62. The van der Waals surface area contributed by atoms with Gasteiger partial charge in [0.25, 0.3) is 0 Å². The number of hydrogen-bond acceptors (Lipinski definition) is 0. The summed E-state index contributed by atoms with van der Waals surface area (Å²) in [6.45, 7) is 0. The van der Waals surface area contributed by atoms with E-state index in [4.69, 9.17) is 0 Å². The highest BCUT2D eigenvalue weighted by Crippen LogP contribution is 2.18. The minimum atomic E-state index is 0. The summed E-state index contributed by atoms with van der Waals surface area (Å²) in [5.41, 5.74) is 5.10. The van der Waals surface area contributed by atoms with Gasteiger partial charge in [-0.2, -0.15) is 13.5 Å². The molecule has 0 aliphatic carbocycles. The summed E-state index contributed by atoms with van der Waals surface area (Å²) in [6, 6.07) is 41.6. The van der Waals surface area contributed by atoms with E-state index in [1.807, 2.05) is 24.3 Å². The molecule has 0 aliphatic heterocycles. The molecule has 0 nitrogen and oxygen atoms in total. The van der Waals surface area contributed by atoms with Crippen molar-refractivity contribution >= 4 is 13.5 Å². The molecular weight excluding hydrogens is 320 g/mol. The molecule has 0 radical (unpaired) electrons. The summed E-state index contributed by atoms with van der Waals surface area (Å²) in [7, 11) is 0. The van der Waals surface area contributed by atoms with Crippen molar-refractivity contribution in [3.63, 3.8) is 0 Å². The average Bonchev–Trinajstić information content (AvgIpc) is 2.71. The van der Waals surface area contributed by atoms with Gasteiger partial charge in [0, 0.05) is 0 Å². The molecule has 0 aromatic heterocycles. The molecule has 0 bridgehead atoms. The van der Waals surface area contributed by atoms with E-state index in [0.29, 0.717) is 0 Å². The third-order valence-electron chi connectivity index (χ3n) is 3.76. The fourth-order valence-electron chi connectivity index (χ4n) is 2.52. The Balaban J connectivity index is 0.000000173. The lowest BCUT2D eigenvalue weighted by Gasteiger charge is -1.98. The van der Waals surface area contributed by atoms with Gasteiger partial charge in [-0.25, -0.2) is 0 Å². The lowest BCUT2D eigenvalue weighted by Crippen LogP contribution is -1.73. The van der Waals surface area contributed by atoms with E-state index in [1.165, 1.54) is 22.3 Å². The Labute approximate surface area is 157 Å².